The highest BCUT2D eigenvalue weighted by molar-refractivity contribution is 9.10. The van der Waals surface area contributed by atoms with Crippen molar-refractivity contribution in [3.63, 3.8) is 0 Å². The van der Waals surface area contributed by atoms with E-state index in [9.17, 15) is 9.59 Å². The Bertz CT molecular complexity index is 896. The van der Waals surface area contributed by atoms with Crippen LogP contribution in [0, 0.1) is 0 Å². The summed E-state index contributed by atoms with van der Waals surface area (Å²) in [6.45, 7) is 6.12. The number of benzene rings is 2. The molecule has 2 rings (SSSR count). The molecule has 0 saturated heterocycles. The number of thioether (sulfide) groups is 1. The van der Waals surface area contributed by atoms with Gasteiger partial charge in [0.1, 0.15) is 6.04 Å². The topological polar surface area (TPSA) is 49.4 Å². The second-order valence-electron chi connectivity index (χ2n) is 7.38. The minimum atomic E-state index is -0.573. The molecular formula is C23H27BrCl2N2O2S. The molecule has 2 aromatic rings. The molecule has 1 N–H and O–H groups in total. The van der Waals surface area contributed by atoms with Crippen LogP contribution in [0.25, 0.3) is 0 Å². The van der Waals surface area contributed by atoms with Gasteiger partial charge in [0.25, 0.3) is 0 Å². The van der Waals surface area contributed by atoms with E-state index in [2.05, 4.69) is 21.2 Å². The number of carbonyl (C=O) groups is 2. The molecule has 0 aliphatic rings. The molecule has 0 radical (unpaired) electrons. The van der Waals surface area contributed by atoms with Crippen molar-refractivity contribution < 1.29 is 9.59 Å². The number of hydrogen-bond donors (Lipinski definition) is 1. The predicted octanol–water partition coefficient (Wildman–Crippen LogP) is 6.32. The molecule has 0 bridgehead atoms. The van der Waals surface area contributed by atoms with Gasteiger partial charge in [-0.2, -0.15) is 0 Å². The number of halogens is 3. The van der Waals surface area contributed by atoms with Gasteiger partial charge in [0.15, 0.2) is 0 Å². The minimum absolute atomic E-state index is 0.0589. The van der Waals surface area contributed by atoms with Crippen LogP contribution in [0.2, 0.25) is 10.0 Å². The largest absolute Gasteiger partial charge is 0.352 e. The Kier molecular flexibility index (Phi) is 10.7. The van der Waals surface area contributed by atoms with Gasteiger partial charge in [-0.1, -0.05) is 64.3 Å². The van der Waals surface area contributed by atoms with Crippen LogP contribution in [0.3, 0.4) is 0 Å². The van der Waals surface area contributed by atoms with Crippen LogP contribution in [0.1, 0.15) is 38.3 Å². The first-order chi connectivity index (χ1) is 14.7. The molecule has 0 aliphatic heterocycles. The van der Waals surface area contributed by atoms with Gasteiger partial charge in [-0.3, -0.25) is 9.59 Å². The normalized spacial score (nSPS) is 12.8. The van der Waals surface area contributed by atoms with Crippen molar-refractivity contribution in [1.82, 2.24) is 10.2 Å². The summed E-state index contributed by atoms with van der Waals surface area (Å²) in [4.78, 5) is 27.5. The van der Waals surface area contributed by atoms with Crippen molar-refractivity contribution in [3.05, 3.63) is 68.1 Å². The van der Waals surface area contributed by atoms with Crippen LogP contribution >= 0.6 is 50.9 Å². The highest BCUT2D eigenvalue weighted by atomic mass is 79.9. The zero-order valence-electron chi connectivity index (χ0n) is 17.8. The molecular weight excluding hydrogens is 519 g/mol. The molecule has 31 heavy (non-hydrogen) atoms. The SMILES string of the molecule is CCC(C)NC(=O)C(C)N(Cc1ccc(Br)cc1)C(=O)CSCc1ccc(Cl)c(Cl)c1. The van der Waals surface area contributed by atoms with Crippen LogP contribution in [-0.2, 0) is 21.9 Å². The van der Waals surface area contributed by atoms with Crippen molar-refractivity contribution in [3.8, 4) is 0 Å². The third-order valence-electron chi connectivity index (χ3n) is 4.91. The molecule has 0 aliphatic carbocycles. The summed E-state index contributed by atoms with van der Waals surface area (Å²) in [5.74, 6) is 0.661. The molecule has 0 spiro atoms. The van der Waals surface area contributed by atoms with Crippen molar-refractivity contribution in [2.75, 3.05) is 5.75 Å². The van der Waals surface area contributed by atoms with E-state index in [1.54, 1.807) is 17.9 Å². The molecule has 0 heterocycles. The van der Waals surface area contributed by atoms with E-state index in [1.807, 2.05) is 50.2 Å². The maximum atomic E-state index is 13.1. The lowest BCUT2D eigenvalue weighted by atomic mass is 10.1. The van der Waals surface area contributed by atoms with Gasteiger partial charge in [-0.15, -0.1) is 11.8 Å². The van der Waals surface area contributed by atoms with Crippen LogP contribution in [-0.4, -0.2) is 34.6 Å². The van der Waals surface area contributed by atoms with E-state index in [1.165, 1.54) is 11.8 Å². The maximum Gasteiger partial charge on any atom is 0.242 e. The van der Waals surface area contributed by atoms with Crippen LogP contribution in [0.5, 0.6) is 0 Å². The fourth-order valence-corrected chi connectivity index (χ4v) is 4.25. The van der Waals surface area contributed by atoms with Crippen molar-refractivity contribution in [2.24, 2.45) is 0 Å². The molecule has 2 amide bonds. The van der Waals surface area contributed by atoms with E-state index in [-0.39, 0.29) is 23.6 Å². The summed E-state index contributed by atoms with van der Waals surface area (Å²) in [5.41, 5.74) is 1.96. The Morgan fingerprint density at radius 3 is 2.32 bits per heavy atom. The van der Waals surface area contributed by atoms with Gasteiger partial charge >= 0.3 is 0 Å². The predicted molar refractivity (Wildman–Crippen MR) is 135 cm³/mol. The lowest BCUT2D eigenvalue weighted by Gasteiger charge is -2.29. The molecule has 4 nitrogen and oxygen atoms in total. The first kappa shape index (κ1) is 26.0. The zero-order chi connectivity index (χ0) is 23.0. The molecule has 8 heteroatoms. The van der Waals surface area contributed by atoms with Gasteiger partial charge in [0.2, 0.25) is 11.8 Å². The fourth-order valence-electron chi connectivity index (χ4n) is 2.80. The van der Waals surface area contributed by atoms with E-state index >= 15 is 0 Å². The second-order valence-corrected chi connectivity index (χ2v) is 10.1. The van der Waals surface area contributed by atoms with Crippen molar-refractivity contribution >= 4 is 62.7 Å². The summed E-state index contributed by atoms with van der Waals surface area (Å²) in [5, 5.41) is 3.98. The standard InChI is InChI=1S/C23H27BrCl2N2O2S/c1-4-15(2)27-23(30)16(3)28(12-17-5-8-19(24)9-6-17)22(29)14-31-13-18-7-10-20(25)21(26)11-18/h5-11,15-16H,4,12-14H2,1-3H3,(H,27,30). The molecule has 168 valence electrons. The van der Waals surface area contributed by atoms with Crippen LogP contribution < -0.4 is 5.32 Å². The highest BCUT2D eigenvalue weighted by Crippen LogP contribution is 2.25. The summed E-state index contributed by atoms with van der Waals surface area (Å²) >= 11 is 17.0. The minimum Gasteiger partial charge on any atom is -0.352 e. The Balaban J connectivity index is 2.07. The molecule has 0 saturated carbocycles. The molecule has 2 unspecified atom stereocenters. The maximum absolute atomic E-state index is 13.1. The number of rotatable bonds is 10. The van der Waals surface area contributed by atoms with E-state index in [0.29, 0.717) is 22.3 Å². The quantitative estimate of drug-likeness (QED) is 0.380. The van der Waals surface area contributed by atoms with Gasteiger partial charge in [-0.25, -0.2) is 0 Å². The number of nitrogens with zero attached hydrogens (tertiary/aromatic N) is 1. The number of carbonyl (C=O) groups excluding carboxylic acids is 2. The number of amides is 2. The average molecular weight is 546 g/mol. The monoisotopic (exact) mass is 544 g/mol. The Morgan fingerprint density at radius 1 is 1.06 bits per heavy atom. The van der Waals surface area contributed by atoms with Crippen molar-refractivity contribution in [1.29, 1.82) is 0 Å². The fraction of sp³-hybridized carbons (Fsp3) is 0.391. The van der Waals surface area contributed by atoms with Gasteiger partial charge < -0.3 is 10.2 Å². The number of nitrogens with one attached hydrogen (secondary N) is 1. The van der Waals surface area contributed by atoms with E-state index < -0.39 is 6.04 Å². The van der Waals surface area contributed by atoms with Gasteiger partial charge in [0.05, 0.1) is 15.8 Å². The summed E-state index contributed by atoms with van der Waals surface area (Å²) in [6, 6.07) is 12.7. The molecule has 0 aromatic heterocycles. The Morgan fingerprint density at radius 2 is 1.71 bits per heavy atom. The van der Waals surface area contributed by atoms with E-state index in [4.69, 9.17) is 23.2 Å². The smallest absolute Gasteiger partial charge is 0.242 e. The Hall–Kier alpha value is -1.21. The first-order valence-electron chi connectivity index (χ1n) is 10.1. The van der Waals surface area contributed by atoms with Gasteiger partial charge in [-0.05, 0) is 55.7 Å². The lowest BCUT2D eigenvalue weighted by Crippen LogP contribution is -2.50. The zero-order valence-corrected chi connectivity index (χ0v) is 21.7. The third-order valence-corrected chi connectivity index (χ3v) is 7.17. The summed E-state index contributed by atoms with van der Waals surface area (Å²) in [7, 11) is 0. The highest BCUT2D eigenvalue weighted by Gasteiger charge is 2.26. The third kappa shape index (κ3) is 8.33. The molecule has 2 aromatic carbocycles. The first-order valence-corrected chi connectivity index (χ1v) is 12.8. The lowest BCUT2D eigenvalue weighted by molar-refractivity contribution is -0.138. The molecule has 0 fully saturated rings. The van der Waals surface area contributed by atoms with E-state index in [0.717, 1.165) is 22.0 Å². The van der Waals surface area contributed by atoms with Crippen LogP contribution in [0.15, 0.2) is 46.9 Å². The van der Waals surface area contributed by atoms with Crippen molar-refractivity contribution in [2.45, 2.75) is 51.6 Å². The molecule has 2 atom stereocenters. The summed E-state index contributed by atoms with van der Waals surface area (Å²) in [6.07, 6.45) is 0.832. The number of hydrogen-bond acceptors (Lipinski definition) is 3. The summed E-state index contributed by atoms with van der Waals surface area (Å²) < 4.78 is 0.967. The average Bonchev–Trinajstić information content (AvgIpc) is 2.75. The second kappa shape index (κ2) is 12.7. The Labute approximate surface area is 207 Å². The van der Waals surface area contributed by atoms with Crippen LogP contribution in [0.4, 0.5) is 0 Å². The van der Waals surface area contributed by atoms with Gasteiger partial charge in [0, 0.05) is 22.8 Å².